The number of thioether (sulfide) groups is 1. The number of nitrogens with zero attached hydrogens (tertiary/aromatic N) is 3. The monoisotopic (exact) mass is 374 g/mol. The van der Waals surface area contributed by atoms with Gasteiger partial charge < -0.3 is 14.8 Å². The zero-order valence-corrected chi connectivity index (χ0v) is 14.5. The van der Waals surface area contributed by atoms with Gasteiger partial charge in [0.25, 0.3) is 5.92 Å². The normalized spacial score (nSPS) is 24.3. The fraction of sp³-hybridized carbons (Fsp3) is 0.333. The van der Waals surface area contributed by atoms with Crippen molar-refractivity contribution in [2.24, 2.45) is 0 Å². The molecule has 1 aromatic heterocycles. The van der Waals surface area contributed by atoms with E-state index in [4.69, 9.17) is 5.26 Å². The van der Waals surface area contributed by atoms with Crippen LogP contribution in [0.3, 0.4) is 0 Å². The van der Waals surface area contributed by atoms with E-state index in [1.54, 1.807) is 18.0 Å². The molecule has 1 amide bonds. The number of nitrogens with one attached hydrogen (secondary N) is 1. The highest BCUT2D eigenvalue weighted by atomic mass is 32.2. The number of hydrogen-bond donors (Lipinski definition) is 1. The summed E-state index contributed by atoms with van der Waals surface area (Å²) >= 11 is 1.56. The molecule has 0 saturated carbocycles. The molecular weight excluding hydrogens is 358 g/mol. The first-order valence-corrected chi connectivity index (χ1v) is 9.13. The highest BCUT2D eigenvalue weighted by molar-refractivity contribution is 8.02. The number of fused-ring (bicyclic) bond motifs is 1. The fourth-order valence-corrected chi connectivity index (χ4v) is 4.53. The van der Waals surface area contributed by atoms with Crippen LogP contribution in [0.5, 0.6) is 0 Å². The lowest BCUT2D eigenvalue weighted by Gasteiger charge is -2.28. The Morgan fingerprint density at radius 2 is 2.27 bits per heavy atom. The van der Waals surface area contributed by atoms with E-state index in [9.17, 15) is 13.6 Å². The molecule has 8 heteroatoms. The van der Waals surface area contributed by atoms with Crippen LogP contribution in [-0.4, -0.2) is 45.7 Å². The highest BCUT2D eigenvalue weighted by Crippen LogP contribution is 2.41. The summed E-state index contributed by atoms with van der Waals surface area (Å²) in [7, 11) is 0. The number of H-pyrrole nitrogens is 1. The van der Waals surface area contributed by atoms with Gasteiger partial charge >= 0.3 is 0 Å². The molecule has 26 heavy (non-hydrogen) atoms. The van der Waals surface area contributed by atoms with Gasteiger partial charge in [-0.25, -0.2) is 8.78 Å². The molecule has 1 saturated heterocycles. The second kappa shape index (κ2) is 6.32. The molecule has 134 valence electrons. The number of likely N-dealkylation sites (tertiary alicyclic amines) is 1. The molecule has 2 aromatic rings. The van der Waals surface area contributed by atoms with Crippen LogP contribution >= 0.6 is 11.8 Å². The third-order valence-electron chi connectivity index (χ3n) is 4.71. The number of nitriles is 1. The number of amides is 1. The second-order valence-corrected chi connectivity index (χ2v) is 7.45. The molecule has 0 radical (unpaired) electrons. The Labute approximate surface area is 153 Å². The molecule has 2 aliphatic rings. The van der Waals surface area contributed by atoms with Gasteiger partial charge in [-0.3, -0.25) is 4.79 Å². The lowest BCUT2D eigenvalue weighted by Crippen LogP contribution is -2.41. The quantitative estimate of drug-likeness (QED) is 0.894. The lowest BCUT2D eigenvalue weighted by molar-refractivity contribution is -0.133. The predicted molar refractivity (Wildman–Crippen MR) is 95.2 cm³/mol. The van der Waals surface area contributed by atoms with Crippen LogP contribution in [0.1, 0.15) is 17.4 Å². The zero-order chi connectivity index (χ0) is 18.3. The maximum Gasteiger partial charge on any atom is 0.268 e. The molecule has 3 heterocycles. The van der Waals surface area contributed by atoms with E-state index >= 15 is 0 Å². The summed E-state index contributed by atoms with van der Waals surface area (Å²) in [5.41, 5.74) is 2.06. The zero-order valence-electron chi connectivity index (χ0n) is 13.7. The van der Waals surface area contributed by atoms with E-state index in [0.29, 0.717) is 0 Å². The third kappa shape index (κ3) is 2.92. The molecule has 1 N–H and O–H groups in total. The van der Waals surface area contributed by atoms with Gasteiger partial charge in [0.1, 0.15) is 11.4 Å². The number of halogens is 2. The summed E-state index contributed by atoms with van der Waals surface area (Å²) in [5.74, 6) is -3.45. The van der Waals surface area contributed by atoms with E-state index in [1.807, 2.05) is 46.8 Å². The van der Waals surface area contributed by atoms with Gasteiger partial charge in [-0.05, 0) is 23.1 Å². The van der Waals surface area contributed by atoms with Crippen molar-refractivity contribution in [3.63, 3.8) is 0 Å². The average Bonchev–Trinajstić information content (AvgIpc) is 3.32. The van der Waals surface area contributed by atoms with Crippen molar-refractivity contribution in [3.05, 3.63) is 47.6 Å². The molecule has 2 atom stereocenters. The van der Waals surface area contributed by atoms with Gasteiger partial charge in [0.15, 0.2) is 0 Å². The number of aromatic amines is 1. The molecule has 0 aliphatic carbocycles. The lowest BCUT2D eigenvalue weighted by atomic mass is 10.1. The topological polar surface area (TPSA) is 63.1 Å². The Balaban J connectivity index is 1.54. The number of carbonyl (C=O) groups excluding carboxylic acids is 1. The molecule has 1 unspecified atom stereocenters. The van der Waals surface area contributed by atoms with E-state index in [-0.39, 0.29) is 11.9 Å². The molecule has 0 spiro atoms. The van der Waals surface area contributed by atoms with E-state index in [2.05, 4.69) is 4.98 Å². The van der Waals surface area contributed by atoms with E-state index in [1.165, 1.54) is 0 Å². The maximum atomic E-state index is 13.6. The van der Waals surface area contributed by atoms with Gasteiger partial charge in [0.05, 0.1) is 19.2 Å². The number of hydrogen-bond acceptors (Lipinski definition) is 4. The molecule has 4 rings (SSSR count). The minimum absolute atomic E-state index is 0.0385. The maximum absolute atomic E-state index is 13.6. The van der Waals surface area contributed by atoms with Crippen LogP contribution in [0.2, 0.25) is 0 Å². The molecule has 5 nitrogen and oxygen atoms in total. The van der Waals surface area contributed by atoms with Crippen molar-refractivity contribution < 1.29 is 13.6 Å². The Morgan fingerprint density at radius 1 is 1.42 bits per heavy atom. The first-order chi connectivity index (χ1) is 12.5. The van der Waals surface area contributed by atoms with Crippen LogP contribution in [-0.2, 0) is 4.79 Å². The number of aromatic nitrogens is 1. The number of alkyl halides is 2. The molecule has 1 aromatic carbocycles. The molecule has 2 aliphatic heterocycles. The number of benzene rings is 1. The Bertz CT molecular complexity index is 919. The molecular formula is C18H16F2N4OS. The summed E-state index contributed by atoms with van der Waals surface area (Å²) in [4.78, 5) is 18.6. The highest BCUT2D eigenvalue weighted by Gasteiger charge is 2.47. The predicted octanol–water partition coefficient (Wildman–Crippen LogP) is 3.45. The minimum Gasteiger partial charge on any atom is -0.361 e. The number of carbonyl (C=O) groups is 1. The van der Waals surface area contributed by atoms with Crippen LogP contribution < -0.4 is 0 Å². The first kappa shape index (κ1) is 16.9. The fourth-order valence-electron chi connectivity index (χ4n) is 3.50. The summed E-state index contributed by atoms with van der Waals surface area (Å²) in [5, 5.41) is 11.9. The summed E-state index contributed by atoms with van der Waals surface area (Å²) < 4.78 is 27.2. The van der Waals surface area contributed by atoms with Gasteiger partial charge in [0, 0.05) is 29.7 Å². The van der Waals surface area contributed by atoms with Crippen molar-refractivity contribution in [1.82, 2.24) is 14.8 Å². The summed E-state index contributed by atoms with van der Waals surface area (Å²) in [6, 6.07) is 8.66. The van der Waals surface area contributed by atoms with Gasteiger partial charge in [0.2, 0.25) is 5.91 Å². The SMILES string of the molecule is N#CC1CC(F)(F)CN1C(=O)CN1C=CS[C@H]1c1cccc2[nH]ccc12. The standard InChI is InChI=1S/C18H16F2N4OS/c19-18(20)8-12(9-21)24(11-18)16(25)10-23-6-7-26-17(23)14-2-1-3-15-13(14)4-5-22-15/h1-7,12,17,22H,8,10-11H2/t12?,17-/m0/s1. The summed E-state index contributed by atoms with van der Waals surface area (Å²) in [6.45, 7) is -0.726. The Kier molecular flexibility index (Phi) is 4.11. The van der Waals surface area contributed by atoms with Gasteiger partial charge in [-0.2, -0.15) is 5.26 Å². The van der Waals surface area contributed by atoms with Crippen LogP contribution in [0.4, 0.5) is 8.78 Å². The molecule has 0 bridgehead atoms. The second-order valence-electron chi connectivity index (χ2n) is 6.46. The minimum atomic E-state index is -3.00. The average molecular weight is 374 g/mol. The van der Waals surface area contributed by atoms with Crippen molar-refractivity contribution in [1.29, 1.82) is 5.26 Å². The van der Waals surface area contributed by atoms with Crippen molar-refractivity contribution >= 4 is 28.6 Å². The smallest absolute Gasteiger partial charge is 0.268 e. The number of rotatable bonds is 3. The van der Waals surface area contributed by atoms with Crippen molar-refractivity contribution in [2.75, 3.05) is 13.1 Å². The Hall–Kier alpha value is -2.53. The van der Waals surface area contributed by atoms with E-state index < -0.39 is 30.8 Å². The van der Waals surface area contributed by atoms with Crippen LogP contribution in [0, 0.1) is 11.3 Å². The van der Waals surface area contributed by atoms with Crippen LogP contribution in [0.25, 0.3) is 10.9 Å². The Morgan fingerprint density at radius 3 is 3.08 bits per heavy atom. The van der Waals surface area contributed by atoms with Crippen molar-refractivity contribution in [3.8, 4) is 6.07 Å². The van der Waals surface area contributed by atoms with Gasteiger partial charge in [-0.15, -0.1) is 11.8 Å². The largest absolute Gasteiger partial charge is 0.361 e. The van der Waals surface area contributed by atoms with Crippen LogP contribution in [0.15, 0.2) is 42.1 Å². The van der Waals surface area contributed by atoms with Gasteiger partial charge in [-0.1, -0.05) is 12.1 Å². The summed E-state index contributed by atoms with van der Waals surface area (Å²) in [6.07, 6.45) is 3.07. The van der Waals surface area contributed by atoms with Crippen molar-refractivity contribution in [2.45, 2.75) is 23.8 Å². The third-order valence-corrected chi connectivity index (χ3v) is 5.77. The first-order valence-electron chi connectivity index (χ1n) is 8.19. The van der Waals surface area contributed by atoms with E-state index in [0.717, 1.165) is 21.4 Å². The molecule has 1 fully saturated rings.